The third-order valence-electron chi connectivity index (χ3n) is 2.20. The van der Waals surface area contributed by atoms with E-state index < -0.39 is 0 Å². The number of thiazole rings is 1. The van der Waals surface area contributed by atoms with Crippen molar-refractivity contribution in [2.75, 3.05) is 5.73 Å². The van der Waals surface area contributed by atoms with Crippen molar-refractivity contribution in [1.82, 2.24) is 15.0 Å². The first-order chi connectivity index (χ1) is 7.48. The summed E-state index contributed by atoms with van der Waals surface area (Å²) in [4.78, 5) is 12.8. The van der Waals surface area contributed by atoms with Crippen LogP contribution in [0.1, 0.15) is 26.5 Å². The molecule has 84 valence electrons. The predicted molar refractivity (Wildman–Crippen MR) is 66.3 cm³/mol. The number of anilines is 1. The van der Waals surface area contributed by atoms with Gasteiger partial charge in [-0.2, -0.15) is 0 Å². The van der Waals surface area contributed by atoms with Gasteiger partial charge in [0, 0.05) is 23.2 Å². The molecule has 2 N–H and O–H groups in total. The minimum absolute atomic E-state index is 0.0473. The molecule has 0 bridgehead atoms. The Labute approximate surface area is 98.6 Å². The second kappa shape index (κ2) is 3.83. The zero-order chi connectivity index (χ0) is 11.8. The van der Waals surface area contributed by atoms with Gasteiger partial charge in [-0.3, -0.25) is 0 Å². The molecule has 0 atom stereocenters. The SMILES string of the molecule is CC(C)(C)c1csc(-c2nccnc2N)n1. The molecule has 0 aliphatic rings. The first-order valence-corrected chi connectivity index (χ1v) is 5.89. The molecule has 0 radical (unpaired) electrons. The Morgan fingerprint density at radius 3 is 2.44 bits per heavy atom. The third kappa shape index (κ3) is 2.04. The van der Waals surface area contributed by atoms with Crippen LogP contribution in [0.5, 0.6) is 0 Å². The van der Waals surface area contributed by atoms with Crippen molar-refractivity contribution in [1.29, 1.82) is 0 Å². The van der Waals surface area contributed by atoms with E-state index in [2.05, 4.69) is 35.7 Å². The summed E-state index contributed by atoms with van der Waals surface area (Å²) in [6.45, 7) is 6.39. The first-order valence-electron chi connectivity index (χ1n) is 5.01. The standard InChI is InChI=1S/C11H14N4S/c1-11(2,3)7-6-16-10(15-7)8-9(12)14-5-4-13-8/h4-6H,1-3H3,(H2,12,14). The predicted octanol–water partition coefficient (Wildman–Crippen LogP) is 2.48. The molecule has 2 rings (SSSR count). The Balaban J connectivity index is 2.44. The normalized spacial score (nSPS) is 11.7. The van der Waals surface area contributed by atoms with Gasteiger partial charge in [0.1, 0.15) is 10.7 Å². The summed E-state index contributed by atoms with van der Waals surface area (Å²) >= 11 is 1.55. The second-order valence-corrected chi connectivity index (χ2v) is 5.44. The van der Waals surface area contributed by atoms with Crippen LogP contribution in [0.15, 0.2) is 17.8 Å². The molecule has 5 heteroatoms. The fraction of sp³-hybridized carbons (Fsp3) is 0.364. The number of aromatic nitrogens is 3. The van der Waals surface area contributed by atoms with Crippen molar-refractivity contribution in [3.63, 3.8) is 0 Å². The highest BCUT2D eigenvalue weighted by Gasteiger charge is 2.19. The lowest BCUT2D eigenvalue weighted by Gasteiger charge is -2.14. The smallest absolute Gasteiger partial charge is 0.152 e. The van der Waals surface area contributed by atoms with E-state index in [1.54, 1.807) is 23.7 Å². The molecule has 0 saturated carbocycles. The highest BCUT2D eigenvalue weighted by atomic mass is 32.1. The van der Waals surface area contributed by atoms with Crippen molar-refractivity contribution in [3.05, 3.63) is 23.5 Å². The molecule has 0 aromatic carbocycles. The van der Waals surface area contributed by atoms with Gasteiger partial charge in [0.15, 0.2) is 5.82 Å². The second-order valence-electron chi connectivity index (χ2n) is 4.58. The summed E-state index contributed by atoms with van der Waals surface area (Å²) in [7, 11) is 0. The zero-order valence-corrected chi connectivity index (χ0v) is 10.4. The maximum absolute atomic E-state index is 5.76. The summed E-state index contributed by atoms with van der Waals surface area (Å²) in [6.07, 6.45) is 3.21. The van der Waals surface area contributed by atoms with Crippen LogP contribution in [-0.4, -0.2) is 15.0 Å². The van der Waals surface area contributed by atoms with Gasteiger partial charge in [-0.1, -0.05) is 20.8 Å². The van der Waals surface area contributed by atoms with E-state index in [0.717, 1.165) is 10.7 Å². The van der Waals surface area contributed by atoms with Crippen LogP contribution in [0, 0.1) is 0 Å². The van der Waals surface area contributed by atoms with Gasteiger partial charge in [-0.25, -0.2) is 15.0 Å². The highest BCUT2D eigenvalue weighted by molar-refractivity contribution is 7.13. The molecular weight excluding hydrogens is 220 g/mol. The number of nitrogens with zero attached hydrogens (tertiary/aromatic N) is 3. The molecule has 2 heterocycles. The lowest BCUT2D eigenvalue weighted by atomic mass is 9.93. The van der Waals surface area contributed by atoms with E-state index >= 15 is 0 Å². The Hall–Kier alpha value is -1.49. The average molecular weight is 234 g/mol. The minimum atomic E-state index is 0.0473. The number of hydrogen-bond acceptors (Lipinski definition) is 5. The molecule has 0 amide bonds. The van der Waals surface area contributed by atoms with Gasteiger partial charge in [0.25, 0.3) is 0 Å². The zero-order valence-electron chi connectivity index (χ0n) is 9.56. The van der Waals surface area contributed by atoms with Gasteiger partial charge < -0.3 is 5.73 Å². The summed E-state index contributed by atoms with van der Waals surface area (Å²) < 4.78 is 0. The van der Waals surface area contributed by atoms with E-state index in [1.165, 1.54) is 0 Å². The number of rotatable bonds is 1. The summed E-state index contributed by atoms with van der Waals surface area (Å²) in [5.74, 6) is 0.428. The van der Waals surface area contributed by atoms with Crippen LogP contribution in [-0.2, 0) is 5.41 Å². The fourth-order valence-electron chi connectivity index (χ4n) is 1.24. The Morgan fingerprint density at radius 1 is 1.19 bits per heavy atom. The third-order valence-corrected chi connectivity index (χ3v) is 3.05. The van der Waals surface area contributed by atoms with Crippen LogP contribution >= 0.6 is 11.3 Å². The Bertz CT molecular complexity index is 499. The van der Waals surface area contributed by atoms with Gasteiger partial charge in [-0.05, 0) is 0 Å². The van der Waals surface area contributed by atoms with Crippen LogP contribution in [0.25, 0.3) is 10.7 Å². The highest BCUT2D eigenvalue weighted by Crippen LogP contribution is 2.30. The molecule has 0 aliphatic carbocycles. The molecule has 0 fully saturated rings. The lowest BCUT2D eigenvalue weighted by Crippen LogP contribution is -2.11. The average Bonchev–Trinajstić information content (AvgIpc) is 2.66. The topological polar surface area (TPSA) is 64.7 Å². The largest absolute Gasteiger partial charge is 0.382 e. The summed E-state index contributed by atoms with van der Waals surface area (Å²) in [5, 5.41) is 2.87. The quantitative estimate of drug-likeness (QED) is 0.823. The van der Waals surface area contributed by atoms with E-state index in [-0.39, 0.29) is 5.41 Å². The number of nitrogen functional groups attached to an aromatic ring is 1. The number of nitrogens with two attached hydrogens (primary N) is 1. The molecule has 0 spiro atoms. The minimum Gasteiger partial charge on any atom is -0.382 e. The van der Waals surface area contributed by atoms with Crippen LogP contribution in [0.4, 0.5) is 5.82 Å². The van der Waals surface area contributed by atoms with Gasteiger partial charge in [0.2, 0.25) is 0 Å². The van der Waals surface area contributed by atoms with Crippen molar-refractivity contribution < 1.29 is 0 Å². The van der Waals surface area contributed by atoms with E-state index in [9.17, 15) is 0 Å². The van der Waals surface area contributed by atoms with E-state index in [0.29, 0.717) is 11.5 Å². The maximum atomic E-state index is 5.76. The Morgan fingerprint density at radius 2 is 1.88 bits per heavy atom. The molecule has 0 saturated heterocycles. The molecule has 16 heavy (non-hydrogen) atoms. The summed E-state index contributed by atoms with van der Waals surface area (Å²) in [5.41, 5.74) is 7.53. The van der Waals surface area contributed by atoms with Gasteiger partial charge >= 0.3 is 0 Å². The van der Waals surface area contributed by atoms with Crippen molar-refractivity contribution in [2.45, 2.75) is 26.2 Å². The van der Waals surface area contributed by atoms with E-state index in [4.69, 9.17) is 5.73 Å². The molecule has 0 aliphatic heterocycles. The van der Waals surface area contributed by atoms with Crippen molar-refractivity contribution >= 4 is 17.2 Å². The first kappa shape index (κ1) is 11.0. The lowest BCUT2D eigenvalue weighted by molar-refractivity contribution is 0.573. The Kier molecular flexibility index (Phi) is 2.63. The van der Waals surface area contributed by atoms with Crippen molar-refractivity contribution in [2.24, 2.45) is 0 Å². The molecule has 4 nitrogen and oxygen atoms in total. The molecule has 2 aromatic rings. The number of hydrogen-bond donors (Lipinski definition) is 1. The maximum Gasteiger partial charge on any atom is 0.152 e. The monoisotopic (exact) mass is 234 g/mol. The molecule has 2 aromatic heterocycles. The van der Waals surface area contributed by atoms with Crippen LogP contribution < -0.4 is 5.73 Å². The summed E-state index contributed by atoms with van der Waals surface area (Å²) in [6, 6.07) is 0. The van der Waals surface area contributed by atoms with E-state index in [1.807, 2.05) is 5.38 Å². The van der Waals surface area contributed by atoms with Crippen molar-refractivity contribution in [3.8, 4) is 10.7 Å². The van der Waals surface area contributed by atoms with Crippen LogP contribution in [0.3, 0.4) is 0 Å². The molecular formula is C11H14N4S. The fourth-order valence-corrected chi connectivity index (χ4v) is 2.29. The van der Waals surface area contributed by atoms with Gasteiger partial charge in [-0.15, -0.1) is 11.3 Å². The van der Waals surface area contributed by atoms with Gasteiger partial charge in [0.05, 0.1) is 5.69 Å². The molecule has 0 unspecified atom stereocenters. The van der Waals surface area contributed by atoms with Crippen LogP contribution in [0.2, 0.25) is 0 Å².